The Morgan fingerprint density at radius 2 is 2.11 bits per heavy atom. The number of ether oxygens (including phenoxy) is 2. The molecule has 0 atom stereocenters. The number of hydrogen-bond acceptors (Lipinski definition) is 8. The molecular weight excluding hydrogens is 370 g/mol. The Hall–Kier alpha value is -3.20. The van der Waals surface area contributed by atoms with Crippen molar-refractivity contribution in [2.45, 2.75) is 13.5 Å². The van der Waals surface area contributed by atoms with E-state index in [1.807, 2.05) is 23.8 Å². The summed E-state index contributed by atoms with van der Waals surface area (Å²) >= 11 is 1.51. The van der Waals surface area contributed by atoms with Crippen LogP contribution in [-0.2, 0) is 16.1 Å². The highest BCUT2D eigenvalue weighted by Gasteiger charge is 2.15. The molecule has 1 amide bonds. The highest BCUT2D eigenvalue weighted by Crippen LogP contribution is 2.20. The molecule has 2 aromatic heterocycles. The van der Waals surface area contributed by atoms with Crippen molar-refractivity contribution in [1.82, 2.24) is 15.5 Å². The third-order valence-corrected chi connectivity index (χ3v) is 4.11. The third-order valence-electron chi connectivity index (χ3n) is 3.42. The highest BCUT2D eigenvalue weighted by atomic mass is 32.1. The smallest absolute Gasteiger partial charge is 0.325 e. The fourth-order valence-electron chi connectivity index (χ4n) is 2.20. The summed E-state index contributed by atoms with van der Waals surface area (Å²) in [5.74, 6) is 0.0359. The Bertz CT molecular complexity index is 907. The van der Waals surface area contributed by atoms with Crippen LogP contribution in [0.4, 0.5) is 0 Å². The Labute approximate surface area is 159 Å². The van der Waals surface area contributed by atoms with Crippen LogP contribution in [0.3, 0.4) is 0 Å². The van der Waals surface area contributed by atoms with Gasteiger partial charge in [-0.3, -0.25) is 9.59 Å². The molecule has 0 saturated carbocycles. The number of amides is 1. The minimum absolute atomic E-state index is 0.141. The second kappa shape index (κ2) is 8.95. The van der Waals surface area contributed by atoms with E-state index in [-0.39, 0.29) is 19.0 Å². The number of carbonyl (C=O) groups is 2. The minimum atomic E-state index is -0.612. The predicted molar refractivity (Wildman–Crippen MR) is 97.4 cm³/mol. The lowest BCUT2D eigenvalue weighted by molar-refractivity contribution is -0.143. The van der Waals surface area contributed by atoms with Crippen LogP contribution in [0.25, 0.3) is 11.5 Å². The van der Waals surface area contributed by atoms with E-state index in [4.69, 9.17) is 14.0 Å². The topological polar surface area (TPSA) is 104 Å². The maximum absolute atomic E-state index is 12.2. The van der Waals surface area contributed by atoms with E-state index in [2.05, 4.69) is 15.5 Å². The van der Waals surface area contributed by atoms with Gasteiger partial charge in [0.05, 0.1) is 17.7 Å². The van der Waals surface area contributed by atoms with Gasteiger partial charge in [-0.25, -0.2) is 0 Å². The first-order chi connectivity index (χ1) is 13.2. The van der Waals surface area contributed by atoms with Crippen molar-refractivity contribution in [3.8, 4) is 17.2 Å². The van der Waals surface area contributed by atoms with Crippen LogP contribution in [-0.4, -0.2) is 35.2 Å². The highest BCUT2D eigenvalue weighted by molar-refractivity contribution is 7.08. The molecule has 0 aliphatic heterocycles. The van der Waals surface area contributed by atoms with Gasteiger partial charge in [-0.2, -0.15) is 16.3 Å². The summed E-state index contributed by atoms with van der Waals surface area (Å²) in [6.45, 7) is 1.84. The van der Waals surface area contributed by atoms with Gasteiger partial charge in [0.2, 0.25) is 5.82 Å². The molecule has 140 valence electrons. The van der Waals surface area contributed by atoms with Crippen molar-refractivity contribution in [2.75, 3.05) is 13.2 Å². The van der Waals surface area contributed by atoms with Crippen LogP contribution in [0.2, 0.25) is 0 Å². The van der Waals surface area contributed by atoms with E-state index in [0.717, 1.165) is 5.56 Å². The largest absolute Gasteiger partial charge is 0.493 e. The molecule has 1 aromatic carbocycles. The average molecular weight is 387 g/mol. The first-order valence-electron chi connectivity index (χ1n) is 8.18. The van der Waals surface area contributed by atoms with Crippen molar-refractivity contribution in [2.24, 2.45) is 0 Å². The van der Waals surface area contributed by atoms with Crippen molar-refractivity contribution < 1.29 is 23.6 Å². The van der Waals surface area contributed by atoms with E-state index in [9.17, 15) is 9.59 Å². The normalized spacial score (nSPS) is 10.4. The molecule has 27 heavy (non-hydrogen) atoms. The van der Waals surface area contributed by atoms with Crippen LogP contribution in [0, 0.1) is 0 Å². The van der Waals surface area contributed by atoms with Crippen molar-refractivity contribution in [3.63, 3.8) is 0 Å². The molecule has 8 nitrogen and oxygen atoms in total. The van der Waals surface area contributed by atoms with E-state index >= 15 is 0 Å². The van der Waals surface area contributed by atoms with Crippen LogP contribution >= 0.6 is 11.3 Å². The van der Waals surface area contributed by atoms with Gasteiger partial charge in [0.15, 0.2) is 6.61 Å². The molecule has 9 heteroatoms. The monoisotopic (exact) mass is 387 g/mol. The SMILES string of the molecule is CCOc1ccccc1C(=O)NCC(=O)OCc1noc(-c2ccsc2)n1. The van der Waals surface area contributed by atoms with Crippen LogP contribution in [0.1, 0.15) is 23.1 Å². The van der Waals surface area contributed by atoms with Gasteiger partial charge < -0.3 is 19.3 Å². The number of carbonyl (C=O) groups excluding carboxylic acids is 2. The molecule has 0 aliphatic carbocycles. The Morgan fingerprint density at radius 3 is 2.89 bits per heavy atom. The van der Waals surface area contributed by atoms with Gasteiger partial charge >= 0.3 is 5.97 Å². The zero-order valence-electron chi connectivity index (χ0n) is 14.5. The average Bonchev–Trinajstić information content (AvgIpc) is 3.36. The molecule has 0 radical (unpaired) electrons. The number of hydrogen-bond donors (Lipinski definition) is 1. The molecule has 0 bridgehead atoms. The van der Waals surface area contributed by atoms with Crippen LogP contribution < -0.4 is 10.1 Å². The molecule has 0 aliphatic rings. The van der Waals surface area contributed by atoms with E-state index < -0.39 is 11.9 Å². The molecule has 3 aromatic rings. The van der Waals surface area contributed by atoms with Gasteiger partial charge in [-0.1, -0.05) is 17.3 Å². The number of esters is 1. The van der Waals surface area contributed by atoms with Gasteiger partial charge in [0.1, 0.15) is 12.3 Å². The molecule has 0 fully saturated rings. The van der Waals surface area contributed by atoms with Gasteiger partial charge in [0.25, 0.3) is 11.8 Å². The fraction of sp³-hybridized carbons (Fsp3) is 0.222. The van der Waals surface area contributed by atoms with Crippen LogP contribution in [0.15, 0.2) is 45.6 Å². The lowest BCUT2D eigenvalue weighted by Gasteiger charge is -2.10. The summed E-state index contributed by atoms with van der Waals surface area (Å²) in [6.07, 6.45) is 0. The summed E-state index contributed by atoms with van der Waals surface area (Å²) in [4.78, 5) is 28.2. The second-order valence-corrected chi connectivity index (χ2v) is 6.08. The molecule has 0 spiro atoms. The number of aromatic nitrogens is 2. The lowest BCUT2D eigenvalue weighted by atomic mass is 10.2. The Morgan fingerprint density at radius 1 is 1.26 bits per heavy atom. The summed E-state index contributed by atoms with van der Waals surface area (Å²) in [7, 11) is 0. The van der Waals surface area contributed by atoms with Gasteiger partial charge in [-0.05, 0) is 30.5 Å². The molecule has 3 rings (SSSR count). The summed E-state index contributed by atoms with van der Waals surface area (Å²) in [6, 6.07) is 8.65. The quantitative estimate of drug-likeness (QED) is 0.593. The zero-order chi connectivity index (χ0) is 19.1. The van der Waals surface area contributed by atoms with Crippen molar-refractivity contribution in [1.29, 1.82) is 0 Å². The third kappa shape index (κ3) is 4.91. The van der Waals surface area contributed by atoms with Crippen LogP contribution in [0.5, 0.6) is 5.75 Å². The molecule has 0 saturated heterocycles. The molecule has 1 N–H and O–H groups in total. The van der Waals surface area contributed by atoms with E-state index in [1.165, 1.54) is 11.3 Å². The first-order valence-corrected chi connectivity index (χ1v) is 9.12. The van der Waals surface area contributed by atoms with Gasteiger partial charge in [-0.15, -0.1) is 0 Å². The van der Waals surface area contributed by atoms with Crippen molar-refractivity contribution in [3.05, 3.63) is 52.5 Å². The predicted octanol–water partition coefficient (Wildman–Crippen LogP) is 2.67. The lowest BCUT2D eigenvalue weighted by Crippen LogP contribution is -2.31. The molecule has 2 heterocycles. The van der Waals surface area contributed by atoms with Gasteiger partial charge in [0, 0.05) is 5.38 Å². The maximum Gasteiger partial charge on any atom is 0.325 e. The summed E-state index contributed by atoms with van der Waals surface area (Å²) < 4.78 is 15.6. The number of rotatable bonds is 8. The minimum Gasteiger partial charge on any atom is -0.493 e. The fourth-order valence-corrected chi connectivity index (χ4v) is 2.83. The first kappa shape index (κ1) is 18.6. The number of nitrogens with one attached hydrogen (secondary N) is 1. The molecular formula is C18H17N3O5S. The van der Waals surface area contributed by atoms with E-state index in [1.54, 1.807) is 24.3 Å². The van der Waals surface area contributed by atoms with E-state index in [0.29, 0.717) is 23.8 Å². The standard InChI is InChI=1S/C18H17N3O5S/c1-2-24-14-6-4-3-5-13(14)17(23)19-9-16(22)25-10-15-20-18(26-21-15)12-7-8-27-11-12/h3-8,11H,2,9-10H2,1H3,(H,19,23). The number of nitrogens with zero attached hydrogens (tertiary/aromatic N) is 2. The number of para-hydroxylation sites is 1. The summed E-state index contributed by atoms with van der Waals surface area (Å²) in [5, 5.41) is 10.0. The second-order valence-electron chi connectivity index (χ2n) is 5.30. The zero-order valence-corrected chi connectivity index (χ0v) is 15.3. The summed E-state index contributed by atoms with van der Waals surface area (Å²) in [5.41, 5.74) is 1.16. The van der Waals surface area contributed by atoms with Crippen molar-refractivity contribution >= 4 is 23.2 Å². The number of thiophene rings is 1. The maximum atomic E-state index is 12.2. The Balaban J connectivity index is 1.48. The number of benzene rings is 1. The molecule has 0 unspecified atom stereocenters. The Kier molecular flexibility index (Phi) is 6.16.